The molecule has 1 aliphatic heterocycles. The van der Waals surface area contributed by atoms with Gasteiger partial charge in [-0.2, -0.15) is 0 Å². The average molecular weight is 425 g/mol. The molecule has 3 N–H and O–H groups in total. The highest BCUT2D eigenvalue weighted by Gasteiger charge is 2.14. The maximum Gasteiger partial charge on any atom is 0.328 e. The van der Waals surface area contributed by atoms with E-state index in [-0.39, 0.29) is 12.3 Å². The molecule has 0 saturated carbocycles. The fraction of sp³-hybridized carbons (Fsp3) is 0.458. The molecule has 1 aliphatic rings. The van der Waals surface area contributed by atoms with E-state index < -0.39 is 6.10 Å². The molecule has 0 bridgehead atoms. The molecule has 1 unspecified atom stereocenters. The molecule has 7 heteroatoms. The Balaban J connectivity index is 1.29. The third-order valence-electron chi connectivity index (χ3n) is 6.23. The Morgan fingerprint density at radius 2 is 1.81 bits per heavy atom. The second-order valence-electron chi connectivity index (χ2n) is 8.44. The van der Waals surface area contributed by atoms with Gasteiger partial charge >= 0.3 is 5.69 Å². The lowest BCUT2D eigenvalue weighted by atomic mass is 9.98. The molecule has 3 aromatic rings. The molecule has 1 atom stereocenters. The maximum absolute atomic E-state index is 12.1. The summed E-state index contributed by atoms with van der Waals surface area (Å²) in [6, 6.07) is 13.6. The van der Waals surface area contributed by atoms with Crippen molar-refractivity contribution in [2.24, 2.45) is 20.0 Å². The number of hydrogen-bond donors (Lipinski definition) is 3. The van der Waals surface area contributed by atoms with Crippen molar-refractivity contribution in [2.45, 2.75) is 25.5 Å². The molecule has 4 rings (SSSR count). The number of aliphatic hydroxyl groups is 1. The zero-order chi connectivity index (χ0) is 21.8. The van der Waals surface area contributed by atoms with Gasteiger partial charge in [0, 0.05) is 20.6 Å². The SMILES string of the molecule is Cn1c(=O)n(C)c2cc(C(O)COc3ccc(CNCC4CCNCC4)cc3)ccc21. The van der Waals surface area contributed by atoms with Crippen molar-refractivity contribution in [3.05, 3.63) is 64.1 Å². The fourth-order valence-electron chi connectivity index (χ4n) is 4.21. The summed E-state index contributed by atoms with van der Waals surface area (Å²) in [4.78, 5) is 12.1. The molecular formula is C24H32N4O3. The summed E-state index contributed by atoms with van der Waals surface area (Å²) in [5.74, 6) is 1.50. The first-order chi connectivity index (χ1) is 15.0. The van der Waals surface area contributed by atoms with Gasteiger partial charge in [-0.3, -0.25) is 9.13 Å². The zero-order valence-corrected chi connectivity index (χ0v) is 18.3. The monoisotopic (exact) mass is 424 g/mol. The first-order valence-electron chi connectivity index (χ1n) is 11.0. The maximum atomic E-state index is 12.1. The summed E-state index contributed by atoms with van der Waals surface area (Å²) >= 11 is 0. The second kappa shape index (κ2) is 9.68. The average Bonchev–Trinajstić information content (AvgIpc) is 3.02. The molecule has 1 aromatic heterocycles. The van der Waals surface area contributed by atoms with E-state index in [1.807, 2.05) is 30.3 Å². The quantitative estimate of drug-likeness (QED) is 0.516. The summed E-state index contributed by atoms with van der Waals surface area (Å²) in [6.07, 6.45) is 1.72. The number of rotatable bonds is 8. The van der Waals surface area contributed by atoms with Gasteiger partial charge in [-0.05, 0) is 73.8 Å². The van der Waals surface area contributed by atoms with Crippen LogP contribution in [0.3, 0.4) is 0 Å². The summed E-state index contributed by atoms with van der Waals surface area (Å²) in [6.45, 7) is 4.31. The van der Waals surface area contributed by atoms with Crippen molar-refractivity contribution in [2.75, 3.05) is 26.2 Å². The topological polar surface area (TPSA) is 80.5 Å². The van der Waals surface area contributed by atoms with E-state index in [0.29, 0.717) is 0 Å². The van der Waals surface area contributed by atoms with Crippen LogP contribution in [0.15, 0.2) is 47.3 Å². The van der Waals surface area contributed by atoms with Crippen molar-refractivity contribution in [3.8, 4) is 5.75 Å². The van der Waals surface area contributed by atoms with Crippen molar-refractivity contribution in [3.63, 3.8) is 0 Å². The Morgan fingerprint density at radius 3 is 2.55 bits per heavy atom. The van der Waals surface area contributed by atoms with Gasteiger partial charge in [-0.1, -0.05) is 18.2 Å². The van der Waals surface area contributed by atoms with Crippen molar-refractivity contribution in [1.29, 1.82) is 0 Å². The molecule has 166 valence electrons. The summed E-state index contributed by atoms with van der Waals surface area (Å²) in [5.41, 5.74) is 3.51. The molecule has 0 amide bonds. The molecule has 1 saturated heterocycles. The molecule has 2 heterocycles. The molecule has 0 radical (unpaired) electrons. The smallest absolute Gasteiger partial charge is 0.328 e. The standard InChI is InChI=1S/C24H32N4O3/c1-27-21-8-5-19(13-22(21)28(2)24(27)30)23(29)16-31-20-6-3-17(4-7-20)14-26-15-18-9-11-25-12-10-18/h3-8,13,18,23,25-26,29H,9-12,14-16H2,1-2H3. The van der Waals surface area contributed by atoms with Crippen LogP contribution in [0.5, 0.6) is 5.75 Å². The van der Waals surface area contributed by atoms with Crippen LogP contribution >= 0.6 is 0 Å². The molecule has 0 aliphatic carbocycles. The van der Waals surface area contributed by atoms with Gasteiger partial charge in [0.2, 0.25) is 0 Å². The van der Waals surface area contributed by atoms with Gasteiger partial charge in [0.15, 0.2) is 0 Å². The Bertz CT molecular complexity index is 1060. The van der Waals surface area contributed by atoms with Crippen LogP contribution in [0.4, 0.5) is 0 Å². The van der Waals surface area contributed by atoms with E-state index in [1.54, 1.807) is 23.2 Å². The number of aliphatic hydroxyl groups excluding tert-OH is 1. The van der Waals surface area contributed by atoms with E-state index in [1.165, 1.54) is 18.4 Å². The fourth-order valence-corrected chi connectivity index (χ4v) is 4.21. The van der Waals surface area contributed by atoms with Gasteiger partial charge in [0.05, 0.1) is 11.0 Å². The number of aryl methyl sites for hydroxylation is 2. The Morgan fingerprint density at radius 1 is 1.10 bits per heavy atom. The van der Waals surface area contributed by atoms with Gasteiger partial charge in [-0.25, -0.2) is 4.79 Å². The van der Waals surface area contributed by atoms with Crippen LogP contribution in [0.1, 0.15) is 30.1 Å². The second-order valence-corrected chi connectivity index (χ2v) is 8.44. The number of hydrogen-bond acceptors (Lipinski definition) is 5. The predicted molar refractivity (Wildman–Crippen MR) is 122 cm³/mol. The number of nitrogens with zero attached hydrogens (tertiary/aromatic N) is 2. The summed E-state index contributed by atoms with van der Waals surface area (Å²) < 4.78 is 8.99. The molecule has 31 heavy (non-hydrogen) atoms. The van der Waals surface area contributed by atoms with Crippen LogP contribution in [0, 0.1) is 5.92 Å². The Labute approximate surface area is 182 Å². The van der Waals surface area contributed by atoms with Gasteiger partial charge in [-0.15, -0.1) is 0 Å². The van der Waals surface area contributed by atoms with E-state index in [2.05, 4.69) is 22.8 Å². The Kier molecular flexibility index (Phi) is 6.75. The zero-order valence-electron chi connectivity index (χ0n) is 18.3. The minimum atomic E-state index is -0.772. The molecule has 1 fully saturated rings. The van der Waals surface area contributed by atoms with E-state index in [4.69, 9.17) is 4.74 Å². The van der Waals surface area contributed by atoms with Gasteiger partial charge < -0.3 is 20.5 Å². The minimum absolute atomic E-state index is 0.0804. The van der Waals surface area contributed by atoms with Gasteiger partial charge in [0.25, 0.3) is 0 Å². The highest BCUT2D eigenvalue weighted by molar-refractivity contribution is 5.76. The number of fused-ring (bicyclic) bond motifs is 1. The first kappa shape index (κ1) is 21.6. The lowest BCUT2D eigenvalue weighted by Crippen LogP contribution is -2.33. The highest BCUT2D eigenvalue weighted by atomic mass is 16.5. The minimum Gasteiger partial charge on any atom is -0.491 e. The number of nitrogens with one attached hydrogen (secondary N) is 2. The Hall–Kier alpha value is -2.61. The predicted octanol–water partition coefficient (Wildman–Crippen LogP) is 2.08. The normalized spacial score (nSPS) is 16.0. The highest BCUT2D eigenvalue weighted by Crippen LogP contribution is 2.21. The van der Waals surface area contributed by atoms with Crippen LogP contribution in [0.25, 0.3) is 11.0 Å². The lowest BCUT2D eigenvalue weighted by Gasteiger charge is -2.22. The third kappa shape index (κ3) is 5.01. The van der Waals surface area contributed by atoms with Crippen LogP contribution in [-0.4, -0.2) is 40.5 Å². The third-order valence-corrected chi connectivity index (χ3v) is 6.23. The summed E-state index contributed by atoms with van der Waals surface area (Å²) in [7, 11) is 3.48. The van der Waals surface area contributed by atoms with Crippen LogP contribution in [-0.2, 0) is 20.6 Å². The number of aromatic nitrogens is 2. The van der Waals surface area contributed by atoms with E-state index in [9.17, 15) is 9.90 Å². The van der Waals surface area contributed by atoms with Crippen LogP contribution in [0.2, 0.25) is 0 Å². The number of benzene rings is 2. The van der Waals surface area contributed by atoms with E-state index >= 15 is 0 Å². The first-order valence-corrected chi connectivity index (χ1v) is 11.0. The molecular weight excluding hydrogens is 392 g/mol. The largest absolute Gasteiger partial charge is 0.491 e. The van der Waals surface area contributed by atoms with Crippen molar-refractivity contribution < 1.29 is 9.84 Å². The molecule has 2 aromatic carbocycles. The molecule has 7 nitrogen and oxygen atoms in total. The lowest BCUT2D eigenvalue weighted by molar-refractivity contribution is 0.108. The summed E-state index contributed by atoms with van der Waals surface area (Å²) in [5, 5.41) is 17.5. The molecule has 0 spiro atoms. The number of ether oxygens (including phenoxy) is 1. The van der Waals surface area contributed by atoms with Crippen LogP contribution < -0.4 is 21.1 Å². The number of imidazole rings is 1. The van der Waals surface area contributed by atoms with E-state index in [0.717, 1.165) is 54.4 Å². The van der Waals surface area contributed by atoms with Gasteiger partial charge in [0.1, 0.15) is 18.5 Å². The van der Waals surface area contributed by atoms with Crippen molar-refractivity contribution >= 4 is 11.0 Å². The number of piperidine rings is 1. The van der Waals surface area contributed by atoms with Crippen molar-refractivity contribution in [1.82, 2.24) is 19.8 Å².